The number of ether oxygens (including phenoxy) is 1. The van der Waals surface area contributed by atoms with Gasteiger partial charge in [0.15, 0.2) is 5.43 Å². The van der Waals surface area contributed by atoms with E-state index in [0.29, 0.717) is 28.7 Å². The van der Waals surface area contributed by atoms with Crippen molar-refractivity contribution in [2.75, 3.05) is 0 Å². The number of hydrogen-bond donors (Lipinski definition) is 0. The lowest BCUT2D eigenvalue weighted by atomic mass is 10.0. The van der Waals surface area contributed by atoms with Crippen LogP contribution in [0.1, 0.15) is 28.7 Å². The quantitative estimate of drug-likeness (QED) is 0.545. The SMILES string of the molecule is Cc1cc2c(cc(C)c1=O)C=C1C=C3C(=O)OC(=O)C3=CC(=C2)C1. The van der Waals surface area contributed by atoms with E-state index in [0.717, 1.165) is 22.3 Å². The van der Waals surface area contributed by atoms with E-state index in [1.54, 1.807) is 26.0 Å². The van der Waals surface area contributed by atoms with Crippen LogP contribution in [0.25, 0.3) is 12.2 Å². The molecule has 4 rings (SSSR count). The maximum Gasteiger partial charge on any atom is 0.346 e. The molecule has 0 unspecified atom stereocenters. The second kappa shape index (κ2) is 4.99. The first-order chi connectivity index (χ1) is 11.4. The standard InChI is InChI=1S/C20H14O4/c1-10-3-14-6-12-5-13(7-15(14)4-11(2)18(10)21)9-17-16(8-12)19(22)24-20(17)23/h3-4,6-9H,5H2,1-2H3. The summed E-state index contributed by atoms with van der Waals surface area (Å²) < 4.78 is 4.71. The molecule has 1 aliphatic heterocycles. The summed E-state index contributed by atoms with van der Waals surface area (Å²) in [5.74, 6) is -1.21. The molecule has 0 radical (unpaired) electrons. The molecule has 2 bridgehead atoms. The van der Waals surface area contributed by atoms with Gasteiger partial charge in [-0.25, -0.2) is 9.59 Å². The average Bonchev–Trinajstić information content (AvgIpc) is 2.69. The van der Waals surface area contributed by atoms with Gasteiger partial charge in [-0.3, -0.25) is 4.79 Å². The second-order valence-electron chi connectivity index (χ2n) is 6.30. The molecule has 0 spiro atoms. The number of aryl methyl sites for hydroxylation is 2. The van der Waals surface area contributed by atoms with E-state index in [-0.39, 0.29) is 5.43 Å². The Morgan fingerprint density at radius 2 is 1.21 bits per heavy atom. The molecule has 1 fully saturated rings. The lowest BCUT2D eigenvalue weighted by molar-refractivity contribution is -0.149. The lowest BCUT2D eigenvalue weighted by Gasteiger charge is -1.99. The molecular formula is C20H14O4. The summed E-state index contributed by atoms with van der Waals surface area (Å²) in [6.07, 6.45) is 7.97. The van der Waals surface area contributed by atoms with Gasteiger partial charge in [0.2, 0.25) is 0 Å². The number of cyclic esters (lactones) is 2. The highest BCUT2D eigenvalue weighted by atomic mass is 16.6. The third-order valence-electron chi connectivity index (χ3n) is 4.46. The molecule has 0 amide bonds. The topological polar surface area (TPSA) is 60.4 Å². The largest absolute Gasteiger partial charge is 0.386 e. The molecule has 0 aromatic heterocycles. The molecule has 0 atom stereocenters. The molecule has 0 saturated carbocycles. The van der Waals surface area contributed by atoms with E-state index in [9.17, 15) is 14.4 Å². The Hall–Kier alpha value is -3.01. The average molecular weight is 318 g/mol. The fourth-order valence-corrected chi connectivity index (χ4v) is 3.31. The van der Waals surface area contributed by atoms with Crippen LogP contribution in [0.2, 0.25) is 0 Å². The molecule has 24 heavy (non-hydrogen) atoms. The van der Waals surface area contributed by atoms with Gasteiger partial charge in [-0.2, -0.15) is 0 Å². The summed E-state index contributed by atoms with van der Waals surface area (Å²) in [7, 11) is 0. The van der Waals surface area contributed by atoms with Crippen LogP contribution in [0.5, 0.6) is 0 Å². The van der Waals surface area contributed by atoms with Crippen LogP contribution in [0.4, 0.5) is 0 Å². The Bertz CT molecular complexity index is 939. The number of carbonyl (C=O) groups is 2. The first-order valence-electron chi connectivity index (χ1n) is 7.69. The first kappa shape index (κ1) is 14.6. The number of fused-ring (bicyclic) bond motifs is 4. The van der Waals surface area contributed by atoms with Gasteiger partial charge in [0, 0.05) is 0 Å². The molecule has 4 heteroatoms. The van der Waals surface area contributed by atoms with Crippen LogP contribution in [-0.2, 0) is 14.3 Å². The molecular weight excluding hydrogens is 304 g/mol. The fraction of sp³-hybridized carbons (Fsp3) is 0.150. The van der Waals surface area contributed by atoms with E-state index in [4.69, 9.17) is 4.74 Å². The normalized spacial score (nSPS) is 18.2. The number of allylic oxidation sites excluding steroid dienone is 4. The van der Waals surface area contributed by atoms with Gasteiger partial charge >= 0.3 is 11.9 Å². The Balaban J connectivity index is 2.03. The smallest absolute Gasteiger partial charge is 0.346 e. The monoisotopic (exact) mass is 318 g/mol. The third kappa shape index (κ3) is 2.19. The number of carbonyl (C=O) groups excluding carboxylic acids is 2. The van der Waals surface area contributed by atoms with Crippen LogP contribution < -0.4 is 5.43 Å². The predicted octanol–water partition coefficient (Wildman–Crippen LogP) is 2.78. The summed E-state index contributed by atoms with van der Waals surface area (Å²) in [5, 5.41) is 0. The zero-order valence-electron chi connectivity index (χ0n) is 13.3. The molecule has 3 aliphatic rings. The van der Waals surface area contributed by atoms with Crippen molar-refractivity contribution in [2.45, 2.75) is 20.3 Å². The Labute approximate surface area is 138 Å². The summed E-state index contributed by atoms with van der Waals surface area (Å²) >= 11 is 0. The molecule has 118 valence electrons. The van der Waals surface area contributed by atoms with Crippen molar-refractivity contribution >= 4 is 24.1 Å². The zero-order valence-corrected chi connectivity index (χ0v) is 13.3. The van der Waals surface area contributed by atoms with Crippen molar-refractivity contribution < 1.29 is 14.3 Å². The van der Waals surface area contributed by atoms with Crippen molar-refractivity contribution in [3.05, 3.63) is 79.1 Å². The number of rotatable bonds is 0. The maximum atomic E-state index is 12.2. The Morgan fingerprint density at radius 1 is 0.750 bits per heavy atom. The van der Waals surface area contributed by atoms with Crippen molar-refractivity contribution in [3.63, 3.8) is 0 Å². The van der Waals surface area contributed by atoms with Crippen LogP contribution in [0.15, 0.2) is 51.4 Å². The van der Waals surface area contributed by atoms with Gasteiger partial charge in [-0.15, -0.1) is 0 Å². The Kier molecular flexibility index (Phi) is 3.03. The highest BCUT2D eigenvalue weighted by Gasteiger charge is 2.35. The van der Waals surface area contributed by atoms with E-state index in [2.05, 4.69) is 0 Å². The molecule has 2 aliphatic carbocycles. The zero-order chi connectivity index (χ0) is 17.0. The minimum absolute atomic E-state index is 0.0233. The maximum absolute atomic E-state index is 12.2. The van der Waals surface area contributed by atoms with E-state index < -0.39 is 11.9 Å². The summed E-state index contributed by atoms with van der Waals surface area (Å²) in [6, 6.07) is 3.74. The van der Waals surface area contributed by atoms with Crippen LogP contribution >= 0.6 is 0 Å². The molecule has 0 N–H and O–H groups in total. The second-order valence-corrected chi connectivity index (χ2v) is 6.30. The minimum Gasteiger partial charge on any atom is -0.386 e. The third-order valence-corrected chi connectivity index (χ3v) is 4.46. The summed E-state index contributed by atoms with van der Waals surface area (Å²) in [6.45, 7) is 3.60. The fourth-order valence-electron chi connectivity index (χ4n) is 3.31. The van der Waals surface area contributed by atoms with Crippen molar-refractivity contribution in [2.24, 2.45) is 0 Å². The highest BCUT2D eigenvalue weighted by molar-refractivity contribution is 6.19. The first-order valence-corrected chi connectivity index (χ1v) is 7.69. The van der Waals surface area contributed by atoms with Crippen LogP contribution in [0, 0.1) is 13.8 Å². The molecule has 1 heterocycles. The molecule has 1 aromatic rings. The molecule has 1 saturated heterocycles. The van der Waals surface area contributed by atoms with E-state index in [1.165, 1.54) is 0 Å². The summed E-state index contributed by atoms with van der Waals surface area (Å²) in [5.41, 5.74) is 5.65. The van der Waals surface area contributed by atoms with Crippen molar-refractivity contribution in [1.29, 1.82) is 0 Å². The highest BCUT2D eigenvalue weighted by Crippen LogP contribution is 2.35. The van der Waals surface area contributed by atoms with Gasteiger partial charge in [-0.1, -0.05) is 12.2 Å². The predicted molar refractivity (Wildman–Crippen MR) is 90.0 cm³/mol. The van der Waals surface area contributed by atoms with E-state index >= 15 is 0 Å². The van der Waals surface area contributed by atoms with Gasteiger partial charge in [-0.05, 0) is 78.0 Å². The molecule has 1 aromatic carbocycles. The van der Waals surface area contributed by atoms with Gasteiger partial charge in [0.25, 0.3) is 0 Å². The van der Waals surface area contributed by atoms with Crippen molar-refractivity contribution in [1.82, 2.24) is 0 Å². The minimum atomic E-state index is -0.605. The van der Waals surface area contributed by atoms with Crippen molar-refractivity contribution in [3.8, 4) is 0 Å². The lowest BCUT2D eigenvalue weighted by Crippen LogP contribution is -2.03. The number of esters is 2. The number of hydrogen-bond acceptors (Lipinski definition) is 4. The van der Waals surface area contributed by atoms with Gasteiger partial charge in [0.1, 0.15) is 0 Å². The van der Waals surface area contributed by atoms with Gasteiger partial charge in [0.05, 0.1) is 11.1 Å². The van der Waals surface area contributed by atoms with E-state index in [1.807, 2.05) is 24.3 Å². The van der Waals surface area contributed by atoms with Gasteiger partial charge < -0.3 is 4.74 Å². The Morgan fingerprint density at radius 3 is 1.67 bits per heavy atom. The van der Waals surface area contributed by atoms with Crippen LogP contribution in [0.3, 0.4) is 0 Å². The molecule has 4 nitrogen and oxygen atoms in total. The van der Waals surface area contributed by atoms with Crippen LogP contribution in [-0.4, -0.2) is 11.9 Å². The summed E-state index contributed by atoms with van der Waals surface area (Å²) in [4.78, 5) is 35.9.